The van der Waals surface area contributed by atoms with Crippen LogP contribution in [0.3, 0.4) is 0 Å². The largest absolute Gasteiger partial charge is 0.493 e. The van der Waals surface area contributed by atoms with Crippen LogP contribution in [-0.2, 0) is 0 Å². The molecule has 2 aromatic carbocycles. The maximum absolute atomic E-state index is 5.47. The Morgan fingerprint density at radius 2 is 2.00 bits per heavy atom. The van der Waals surface area contributed by atoms with E-state index in [9.17, 15) is 0 Å². The van der Waals surface area contributed by atoms with E-state index >= 15 is 0 Å². The summed E-state index contributed by atoms with van der Waals surface area (Å²) in [6.45, 7) is 0.183. The van der Waals surface area contributed by atoms with Gasteiger partial charge in [0, 0.05) is 22.6 Å². The van der Waals surface area contributed by atoms with Gasteiger partial charge in [-0.05, 0) is 12.1 Å². The number of nitrogens with zero attached hydrogens (tertiary/aromatic N) is 3. The molecule has 7 heteroatoms. The van der Waals surface area contributed by atoms with Gasteiger partial charge in [-0.15, -0.1) is 17.7 Å². The third-order valence-electron chi connectivity index (χ3n) is 3.60. The van der Waals surface area contributed by atoms with E-state index in [1.54, 1.807) is 18.0 Å². The molecule has 4 rings (SSSR count). The van der Waals surface area contributed by atoms with Gasteiger partial charge in [0.2, 0.25) is 12.5 Å². The highest BCUT2D eigenvalue weighted by Crippen LogP contribution is 2.43. The molecule has 0 radical (unpaired) electrons. The van der Waals surface area contributed by atoms with Crippen molar-refractivity contribution in [1.82, 2.24) is 15.0 Å². The molecule has 1 aromatic heterocycles. The molecule has 3 aromatic rings. The fraction of sp³-hybridized carbons (Fsp3) is 0.125. The molecule has 116 valence electrons. The molecule has 0 saturated carbocycles. The molecule has 0 unspecified atom stereocenters. The van der Waals surface area contributed by atoms with Crippen LogP contribution in [0.1, 0.15) is 0 Å². The van der Waals surface area contributed by atoms with E-state index < -0.39 is 0 Å². The van der Waals surface area contributed by atoms with Crippen LogP contribution in [0.25, 0.3) is 16.9 Å². The van der Waals surface area contributed by atoms with E-state index in [1.807, 2.05) is 36.4 Å². The van der Waals surface area contributed by atoms with Crippen LogP contribution in [0.2, 0.25) is 0 Å². The monoisotopic (exact) mass is 327 g/mol. The predicted molar refractivity (Wildman–Crippen MR) is 86.7 cm³/mol. The smallest absolute Gasteiger partial charge is 0.231 e. The summed E-state index contributed by atoms with van der Waals surface area (Å²) in [7, 11) is 1.59. The summed E-state index contributed by atoms with van der Waals surface area (Å²) < 4.78 is 18.0. The zero-order valence-corrected chi connectivity index (χ0v) is 13.2. The van der Waals surface area contributed by atoms with Crippen molar-refractivity contribution in [2.45, 2.75) is 4.90 Å². The second-order valence-electron chi connectivity index (χ2n) is 4.96. The SMILES string of the molecule is COc1cc(-n2nncc2-c2ccc(S)cc2)cc2c1OCO2. The predicted octanol–water partition coefficient (Wildman–Crippen LogP) is 2.96. The van der Waals surface area contributed by atoms with Gasteiger partial charge in [-0.3, -0.25) is 0 Å². The van der Waals surface area contributed by atoms with Gasteiger partial charge in [0.1, 0.15) is 0 Å². The molecule has 0 amide bonds. The lowest BCUT2D eigenvalue weighted by atomic mass is 10.1. The van der Waals surface area contributed by atoms with Crippen LogP contribution in [-0.4, -0.2) is 28.9 Å². The summed E-state index contributed by atoms with van der Waals surface area (Å²) in [5, 5.41) is 8.21. The lowest BCUT2D eigenvalue weighted by Gasteiger charge is -2.10. The Morgan fingerprint density at radius 1 is 1.17 bits per heavy atom. The maximum atomic E-state index is 5.47. The summed E-state index contributed by atoms with van der Waals surface area (Å²) >= 11 is 4.31. The quantitative estimate of drug-likeness (QED) is 0.750. The fourth-order valence-electron chi connectivity index (χ4n) is 2.49. The number of hydrogen-bond donors (Lipinski definition) is 1. The topological polar surface area (TPSA) is 58.4 Å². The minimum atomic E-state index is 0.183. The van der Waals surface area contributed by atoms with Crippen molar-refractivity contribution in [1.29, 1.82) is 0 Å². The molecule has 2 heterocycles. The summed E-state index contributed by atoms with van der Waals surface area (Å²) in [5.41, 5.74) is 2.64. The van der Waals surface area contributed by atoms with Crippen LogP contribution >= 0.6 is 12.6 Å². The number of methoxy groups -OCH3 is 1. The molecule has 0 atom stereocenters. The van der Waals surface area contributed by atoms with Crippen molar-refractivity contribution >= 4 is 12.6 Å². The van der Waals surface area contributed by atoms with E-state index in [-0.39, 0.29) is 6.79 Å². The highest BCUT2D eigenvalue weighted by atomic mass is 32.1. The molecule has 0 saturated heterocycles. The normalized spacial score (nSPS) is 12.4. The molecule has 0 bridgehead atoms. The Balaban J connectivity index is 1.83. The highest BCUT2D eigenvalue weighted by Gasteiger charge is 2.22. The first-order valence-corrected chi connectivity index (χ1v) is 7.39. The van der Waals surface area contributed by atoms with Crippen LogP contribution in [0.15, 0.2) is 47.5 Å². The van der Waals surface area contributed by atoms with Gasteiger partial charge >= 0.3 is 0 Å². The number of rotatable bonds is 3. The van der Waals surface area contributed by atoms with Crippen molar-refractivity contribution < 1.29 is 14.2 Å². The van der Waals surface area contributed by atoms with Crippen LogP contribution < -0.4 is 14.2 Å². The Labute approximate surface area is 138 Å². The van der Waals surface area contributed by atoms with Gasteiger partial charge in [-0.2, -0.15) is 0 Å². The van der Waals surface area contributed by atoms with Crippen molar-refractivity contribution in [3.8, 4) is 34.2 Å². The lowest BCUT2D eigenvalue weighted by Crippen LogP contribution is -2.00. The number of benzene rings is 2. The van der Waals surface area contributed by atoms with E-state index in [0.29, 0.717) is 17.2 Å². The second-order valence-corrected chi connectivity index (χ2v) is 5.48. The molecule has 23 heavy (non-hydrogen) atoms. The summed E-state index contributed by atoms with van der Waals surface area (Å²) in [6.07, 6.45) is 1.71. The second kappa shape index (κ2) is 5.51. The van der Waals surface area contributed by atoms with Crippen LogP contribution in [0, 0.1) is 0 Å². The maximum Gasteiger partial charge on any atom is 0.231 e. The van der Waals surface area contributed by atoms with Crippen LogP contribution in [0.5, 0.6) is 17.2 Å². The third-order valence-corrected chi connectivity index (χ3v) is 3.90. The van der Waals surface area contributed by atoms with Crippen molar-refractivity contribution in [2.24, 2.45) is 0 Å². The Hall–Kier alpha value is -2.67. The third kappa shape index (κ3) is 2.39. The Kier molecular flexibility index (Phi) is 3.34. The first-order valence-electron chi connectivity index (χ1n) is 6.94. The standard InChI is InChI=1S/C16H13N3O3S/c1-20-14-6-11(7-15-16(14)22-9-21-15)19-13(8-17-18-19)10-2-4-12(23)5-3-10/h2-8,23H,9H2,1H3. The molecule has 0 aliphatic carbocycles. The number of aromatic nitrogens is 3. The highest BCUT2D eigenvalue weighted by molar-refractivity contribution is 7.80. The zero-order chi connectivity index (χ0) is 15.8. The minimum Gasteiger partial charge on any atom is -0.493 e. The Bertz CT molecular complexity index is 862. The number of hydrogen-bond acceptors (Lipinski definition) is 6. The molecular weight excluding hydrogens is 314 g/mol. The number of thiol groups is 1. The van der Waals surface area contributed by atoms with Crippen molar-refractivity contribution in [3.63, 3.8) is 0 Å². The zero-order valence-electron chi connectivity index (χ0n) is 12.3. The number of ether oxygens (including phenoxy) is 3. The van der Waals surface area contributed by atoms with Gasteiger partial charge in [0.05, 0.1) is 24.7 Å². The molecule has 1 aliphatic heterocycles. The number of fused-ring (bicyclic) bond motifs is 1. The van der Waals surface area contributed by atoms with Gasteiger partial charge in [0.25, 0.3) is 0 Å². The van der Waals surface area contributed by atoms with E-state index in [1.165, 1.54) is 0 Å². The minimum absolute atomic E-state index is 0.183. The summed E-state index contributed by atoms with van der Waals surface area (Å²) in [4.78, 5) is 0.900. The van der Waals surface area contributed by atoms with E-state index in [0.717, 1.165) is 21.8 Å². The molecule has 0 N–H and O–H groups in total. The van der Waals surface area contributed by atoms with E-state index in [4.69, 9.17) is 14.2 Å². The summed E-state index contributed by atoms with van der Waals surface area (Å²) in [5.74, 6) is 1.84. The molecule has 1 aliphatic rings. The molecule has 0 spiro atoms. The Morgan fingerprint density at radius 3 is 2.78 bits per heavy atom. The molecule has 6 nitrogen and oxygen atoms in total. The lowest BCUT2D eigenvalue weighted by molar-refractivity contribution is 0.171. The first-order chi connectivity index (χ1) is 11.3. The van der Waals surface area contributed by atoms with Crippen molar-refractivity contribution in [3.05, 3.63) is 42.6 Å². The van der Waals surface area contributed by atoms with Crippen molar-refractivity contribution in [2.75, 3.05) is 13.9 Å². The van der Waals surface area contributed by atoms with Crippen LogP contribution in [0.4, 0.5) is 0 Å². The van der Waals surface area contributed by atoms with Gasteiger partial charge < -0.3 is 14.2 Å². The first kappa shape index (κ1) is 14.0. The van der Waals surface area contributed by atoms with E-state index in [2.05, 4.69) is 22.9 Å². The van der Waals surface area contributed by atoms with Gasteiger partial charge in [-0.25, -0.2) is 4.68 Å². The average Bonchev–Trinajstić information content (AvgIpc) is 3.23. The fourth-order valence-corrected chi connectivity index (χ4v) is 2.64. The molecular formula is C16H13N3O3S. The van der Waals surface area contributed by atoms with Gasteiger partial charge in [0.15, 0.2) is 11.5 Å². The summed E-state index contributed by atoms with van der Waals surface area (Å²) in [6, 6.07) is 11.5. The average molecular weight is 327 g/mol. The molecule has 0 fully saturated rings. The van der Waals surface area contributed by atoms with Gasteiger partial charge in [-0.1, -0.05) is 17.3 Å².